The van der Waals surface area contributed by atoms with Crippen molar-refractivity contribution in [1.29, 1.82) is 0 Å². The van der Waals surface area contributed by atoms with Gasteiger partial charge in [-0.1, -0.05) is 44.2 Å². The highest BCUT2D eigenvalue weighted by Crippen LogP contribution is 2.59. The topological polar surface area (TPSA) is 57.5 Å². The van der Waals surface area contributed by atoms with Gasteiger partial charge in [0.15, 0.2) is 5.78 Å². The molecule has 0 spiro atoms. The molecule has 0 aliphatic heterocycles. The van der Waals surface area contributed by atoms with E-state index in [1.54, 1.807) is 0 Å². The van der Waals surface area contributed by atoms with E-state index in [2.05, 4.69) is 38.7 Å². The molecule has 0 saturated heterocycles. The fraction of sp³-hybridized carbons (Fsp3) is 0.667. The smallest absolute Gasteiger partial charge is 0.158 e. The molecule has 164 valence electrons. The third kappa shape index (κ3) is 4.29. The number of fused-ring (bicyclic) bond motifs is 1. The molecule has 3 nitrogen and oxygen atoms in total. The zero-order valence-electron chi connectivity index (χ0n) is 18.6. The van der Waals surface area contributed by atoms with E-state index in [-0.39, 0.29) is 5.41 Å². The van der Waals surface area contributed by atoms with Crippen LogP contribution in [0, 0.1) is 29.1 Å². The Morgan fingerprint density at radius 3 is 2.70 bits per heavy atom. The van der Waals surface area contributed by atoms with Crippen molar-refractivity contribution in [3.05, 3.63) is 47.6 Å². The molecule has 0 bridgehead atoms. The van der Waals surface area contributed by atoms with Crippen molar-refractivity contribution in [1.82, 2.24) is 0 Å². The summed E-state index contributed by atoms with van der Waals surface area (Å²) < 4.78 is 0. The second-order valence-electron chi connectivity index (χ2n) is 10.6. The minimum absolute atomic E-state index is 0.289. The van der Waals surface area contributed by atoms with Gasteiger partial charge >= 0.3 is 0 Å². The van der Waals surface area contributed by atoms with E-state index < -0.39 is 12.2 Å². The van der Waals surface area contributed by atoms with Crippen molar-refractivity contribution in [3.8, 4) is 0 Å². The van der Waals surface area contributed by atoms with E-state index in [1.165, 1.54) is 31.3 Å². The van der Waals surface area contributed by atoms with Gasteiger partial charge in [-0.3, -0.25) is 4.79 Å². The summed E-state index contributed by atoms with van der Waals surface area (Å²) in [5, 5.41) is 20.1. The number of hydrogen-bond donors (Lipinski definition) is 2. The van der Waals surface area contributed by atoms with Gasteiger partial charge in [-0.25, -0.2) is 0 Å². The van der Waals surface area contributed by atoms with Crippen molar-refractivity contribution < 1.29 is 15.0 Å². The average Bonchev–Trinajstić information content (AvgIpc) is 3.49. The van der Waals surface area contributed by atoms with Gasteiger partial charge in [-0.2, -0.15) is 0 Å². The van der Waals surface area contributed by atoms with E-state index in [0.29, 0.717) is 42.3 Å². The number of carbonyl (C=O) groups excluding carboxylic acids is 1. The average molecular weight is 411 g/mol. The van der Waals surface area contributed by atoms with E-state index in [4.69, 9.17) is 0 Å². The van der Waals surface area contributed by atoms with Crippen LogP contribution in [0.5, 0.6) is 0 Å². The largest absolute Gasteiger partial charge is 0.393 e. The zero-order valence-corrected chi connectivity index (χ0v) is 18.6. The number of hydrogen-bond acceptors (Lipinski definition) is 3. The van der Waals surface area contributed by atoms with Crippen LogP contribution in [-0.4, -0.2) is 28.2 Å². The van der Waals surface area contributed by atoms with Crippen molar-refractivity contribution in [2.24, 2.45) is 29.1 Å². The van der Waals surface area contributed by atoms with Gasteiger partial charge < -0.3 is 10.2 Å². The van der Waals surface area contributed by atoms with E-state index in [0.717, 1.165) is 30.4 Å². The van der Waals surface area contributed by atoms with Crippen LogP contribution in [0.1, 0.15) is 71.6 Å². The number of aliphatic hydroxyl groups excluding tert-OH is 2. The molecular weight excluding hydrogens is 372 g/mol. The fourth-order valence-corrected chi connectivity index (χ4v) is 6.49. The van der Waals surface area contributed by atoms with Crippen LogP contribution in [0.2, 0.25) is 0 Å². The number of aliphatic hydroxyl groups is 2. The van der Waals surface area contributed by atoms with Gasteiger partial charge in [-0.05, 0) is 91.8 Å². The molecule has 0 aromatic heterocycles. The lowest BCUT2D eigenvalue weighted by Crippen LogP contribution is -2.35. The lowest BCUT2D eigenvalue weighted by atomic mass is 9.61. The molecule has 4 fully saturated rings. The third-order valence-electron chi connectivity index (χ3n) is 8.48. The summed E-state index contributed by atoms with van der Waals surface area (Å²) in [5.41, 5.74) is 3.56. The molecule has 4 aliphatic carbocycles. The van der Waals surface area contributed by atoms with E-state index in [1.807, 2.05) is 6.08 Å². The maximum absolute atomic E-state index is 12.1. The summed E-state index contributed by atoms with van der Waals surface area (Å²) in [6.45, 7) is 8.81. The van der Waals surface area contributed by atoms with E-state index in [9.17, 15) is 15.0 Å². The Morgan fingerprint density at radius 2 is 1.97 bits per heavy atom. The Morgan fingerprint density at radius 1 is 1.20 bits per heavy atom. The molecule has 4 saturated carbocycles. The highest BCUT2D eigenvalue weighted by Gasteiger charge is 2.50. The van der Waals surface area contributed by atoms with Crippen LogP contribution in [-0.2, 0) is 4.79 Å². The first-order valence-electron chi connectivity index (χ1n) is 12.0. The second kappa shape index (κ2) is 8.59. The first-order chi connectivity index (χ1) is 14.3. The molecule has 6 atom stereocenters. The molecule has 4 aliphatic rings. The first-order valence-corrected chi connectivity index (χ1v) is 12.0. The number of carbonyl (C=O) groups is 1. The summed E-state index contributed by atoms with van der Waals surface area (Å²) in [4.78, 5) is 12.1. The predicted molar refractivity (Wildman–Crippen MR) is 121 cm³/mol. The van der Waals surface area contributed by atoms with Crippen LogP contribution in [0.3, 0.4) is 0 Å². The molecule has 4 rings (SSSR count). The summed E-state index contributed by atoms with van der Waals surface area (Å²) >= 11 is 0. The van der Waals surface area contributed by atoms with Crippen molar-refractivity contribution in [2.45, 2.75) is 83.8 Å². The maximum Gasteiger partial charge on any atom is 0.158 e. The quantitative estimate of drug-likeness (QED) is 0.605. The van der Waals surface area contributed by atoms with Gasteiger partial charge in [0.1, 0.15) is 0 Å². The van der Waals surface area contributed by atoms with Gasteiger partial charge in [-0.15, -0.1) is 0 Å². The normalized spacial score (nSPS) is 40.9. The molecule has 30 heavy (non-hydrogen) atoms. The minimum atomic E-state index is -0.628. The van der Waals surface area contributed by atoms with Crippen LogP contribution in [0.15, 0.2) is 47.6 Å². The zero-order chi connectivity index (χ0) is 21.5. The lowest BCUT2D eigenvalue weighted by molar-refractivity contribution is -0.115. The Labute approximate surface area is 181 Å². The lowest BCUT2D eigenvalue weighted by Gasteiger charge is -2.44. The standard InChI is InChI=1S/C27H38O3/c1-17(6-13-25(29)20-8-9-20)23-11-12-24-19(5-4-14-27(23,24)3)7-10-21-15-22(28)16-26(30)18(21)2/h6-7,10,13,17,20,22-24,26,28,30H,2,4-5,8-9,11-12,14-16H2,1,3H3/b13-6+,19-7+,21-10+/t17-,22-,23-,24?,26+,27-/m1/s1. The highest BCUT2D eigenvalue weighted by molar-refractivity contribution is 5.93. The second-order valence-corrected chi connectivity index (χ2v) is 10.6. The molecule has 0 radical (unpaired) electrons. The molecule has 1 unspecified atom stereocenters. The Balaban J connectivity index is 1.49. The van der Waals surface area contributed by atoms with Gasteiger partial charge in [0.25, 0.3) is 0 Å². The molecular formula is C27H38O3. The third-order valence-corrected chi connectivity index (χ3v) is 8.48. The van der Waals surface area contributed by atoms with Gasteiger partial charge in [0.2, 0.25) is 0 Å². The number of allylic oxidation sites excluding steroid dienone is 5. The van der Waals surface area contributed by atoms with Crippen molar-refractivity contribution in [3.63, 3.8) is 0 Å². The Hall–Kier alpha value is -1.45. The van der Waals surface area contributed by atoms with Crippen molar-refractivity contribution in [2.75, 3.05) is 0 Å². The summed E-state index contributed by atoms with van der Waals surface area (Å²) in [6.07, 6.45) is 16.5. The van der Waals surface area contributed by atoms with Crippen LogP contribution < -0.4 is 0 Å². The minimum Gasteiger partial charge on any atom is -0.393 e. The maximum atomic E-state index is 12.1. The first kappa shape index (κ1) is 21.8. The van der Waals surface area contributed by atoms with Crippen LogP contribution in [0.25, 0.3) is 0 Å². The molecule has 0 heterocycles. The van der Waals surface area contributed by atoms with E-state index >= 15 is 0 Å². The fourth-order valence-electron chi connectivity index (χ4n) is 6.49. The SMILES string of the molecule is C=C1/C(=C/C=C2\CCC[C@@]3(C)C2CC[C@@H]3[C@H](C)/C=C/C(=O)C2CC2)C[C@@H](O)C[C@@H]1O. The molecule has 2 N–H and O–H groups in total. The Bertz CT molecular complexity index is 784. The number of rotatable bonds is 5. The molecule has 0 aromatic rings. The molecule has 0 amide bonds. The molecule has 3 heteroatoms. The summed E-state index contributed by atoms with van der Waals surface area (Å²) in [5.74, 6) is 2.28. The monoisotopic (exact) mass is 410 g/mol. The Kier molecular flexibility index (Phi) is 6.23. The summed E-state index contributed by atoms with van der Waals surface area (Å²) in [7, 11) is 0. The molecule has 0 aromatic carbocycles. The predicted octanol–water partition coefficient (Wildman–Crippen LogP) is 5.30. The summed E-state index contributed by atoms with van der Waals surface area (Å²) in [6, 6.07) is 0. The van der Waals surface area contributed by atoms with Gasteiger partial charge in [0, 0.05) is 12.3 Å². The van der Waals surface area contributed by atoms with Crippen molar-refractivity contribution >= 4 is 5.78 Å². The van der Waals surface area contributed by atoms with Crippen LogP contribution >= 0.6 is 0 Å². The number of ketones is 1. The van der Waals surface area contributed by atoms with Gasteiger partial charge in [0.05, 0.1) is 12.2 Å². The van der Waals surface area contributed by atoms with Crippen LogP contribution in [0.4, 0.5) is 0 Å². The highest BCUT2D eigenvalue weighted by atomic mass is 16.3.